The van der Waals surface area contributed by atoms with E-state index in [9.17, 15) is 0 Å². The number of hydrogen-bond donors (Lipinski definition) is 0. The maximum atomic E-state index is 7.67. The van der Waals surface area contributed by atoms with Crippen molar-refractivity contribution in [2.24, 2.45) is 34.6 Å². The van der Waals surface area contributed by atoms with Crippen LogP contribution >= 0.6 is 11.8 Å². The van der Waals surface area contributed by atoms with Crippen LogP contribution in [0.4, 0.5) is 0 Å². The summed E-state index contributed by atoms with van der Waals surface area (Å²) in [4.78, 5) is 4.52. The van der Waals surface area contributed by atoms with Gasteiger partial charge in [-0.3, -0.25) is 11.1 Å². The van der Waals surface area contributed by atoms with Crippen LogP contribution in [0, 0.1) is 42.1 Å². The maximum Gasteiger partial charge on any atom is 0.171 e. The molecule has 0 aromatic carbocycles. The second kappa shape index (κ2) is 12.9. The van der Waals surface area contributed by atoms with Gasteiger partial charge in [-0.1, -0.05) is 57.4 Å². The standard InChI is InChI=1S/C19H24N2OS.C14H21N.Ir/c1-11-5-6-14-13-3-2-4-15(17(13)22-19(14)21-11)16-18-12(7-9-20-16)8-10-23-18;1-10-4-6-13(7-5-10)14-8-11(2)12(3)9-15-14;/h4,7,13-14,16,18-19H,2-3,5-6,8-10H2,1H3;8,10-12H,4-6,9H2,1-3H3;/q2*-2;/t13?,14?,16-,18?,19?;10-,11+,12-;/m01./s1/i1D3;;. The van der Waals surface area contributed by atoms with E-state index >= 15 is 0 Å². The smallest absolute Gasteiger partial charge is 0.171 e. The number of aliphatic imine (C=N–C) groups is 1. The largest absolute Gasteiger partial charge is 0.769 e. The van der Waals surface area contributed by atoms with E-state index in [0.717, 1.165) is 50.4 Å². The minimum absolute atomic E-state index is 0. The first-order valence-corrected chi connectivity index (χ1v) is 16.0. The van der Waals surface area contributed by atoms with Crippen molar-refractivity contribution in [3.8, 4) is 0 Å². The summed E-state index contributed by atoms with van der Waals surface area (Å²) in [5.74, 6) is 5.17. The van der Waals surface area contributed by atoms with Crippen molar-refractivity contribution < 1.29 is 29.0 Å². The zero-order chi connectivity index (χ0) is 28.7. The molecule has 0 aromatic heterocycles. The predicted octanol–water partition coefficient (Wildman–Crippen LogP) is 8.35. The van der Waals surface area contributed by atoms with Gasteiger partial charge < -0.3 is 21.1 Å². The molecule has 0 N–H and O–H groups in total. The predicted molar refractivity (Wildman–Crippen MR) is 160 cm³/mol. The molecular weight excluding hydrogens is 679 g/mol. The van der Waals surface area contributed by atoms with Gasteiger partial charge in [-0.05, 0) is 49.5 Å². The Morgan fingerprint density at radius 3 is 2.87 bits per heavy atom. The van der Waals surface area contributed by atoms with Gasteiger partial charge in [0.1, 0.15) is 0 Å². The fourth-order valence-electron chi connectivity index (χ4n) is 6.97. The summed E-state index contributed by atoms with van der Waals surface area (Å²) in [5.41, 5.74) is 5.78. The van der Waals surface area contributed by atoms with Crippen molar-refractivity contribution >= 4 is 17.5 Å². The van der Waals surface area contributed by atoms with Crippen molar-refractivity contribution in [2.45, 2.75) is 96.5 Å². The molecule has 0 aromatic rings. The summed E-state index contributed by atoms with van der Waals surface area (Å²) in [6, 6.07) is 0.200. The summed E-state index contributed by atoms with van der Waals surface area (Å²) in [6.07, 6.45) is 18.6. The Morgan fingerprint density at radius 1 is 1.18 bits per heavy atom. The molecule has 217 valence electrons. The normalized spacial score (nSPS) is 40.3. The van der Waals surface area contributed by atoms with Crippen LogP contribution in [0.25, 0.3) is 10.6 Å². The molecule has 1 radical (unpaired) electrons. The van der Waals surface area contributed by atoms with Gasteiger partial charge in [0.25, 0.3) is 0 Å². The Bertz CT molecular complexity index is 1160. The first-order chi connectivity index (χ1) is 19.7. The molecule has 39 heavy (non-hydrogen) atoms. The number of ether oxygens (including phenoxy) is 1. The fourth-order valence-corrected chi connectivity index (χ4v) is 8.42. The molecule has 2 fully saturated rings. The third-order valence-corrected chi connectivity index (χ3v) is 11.0. The third-order valence-electron chi connectivity index (χ3n) is 9.63. The summed E-state index contributed by atoms with van der Waals surface area (Å²) in [6.45, 7) is 6.59. The van der Waals surface area contributed by atoms with Crippen LogP contribution in [0.2, 0.25) is 0 Å². The van der Waals surface area contributed by atoms with Crippen LogP contribution < -0.4 is 0 Å². The molecule has 5 aliphatic heterocycles. The van der Waals surface area contributed by atoms with E-state index in [2.05, 4.69) is 55.7 Å². The molecule has 4 nitrogen and oxygen atoms in total. The van der Waals surface area contributed by atoms with Crippen LogP contribution in [0.1, 0.15) is 83.1 Å². The molecule has 2 aliphatic carbocycles. The van der Waals surface area contributed by atoms with Crippen molar-refractivity contribution in [3.05, 3.63) is 63.5 Å². The van der Waals surface area contributed by atoms with E-state index in [1.54, 1.807) is 5.57 Å². The number of hydrogen-bond acceptors (Lipinski definition) is 3. The molecule has 7 rings (SSSR count). The molecule has 0 bridgehead atoms. The molecule has 4 unspecified atom stereocenters. The van der Waals surface area contributed by atoms with Gasteiger partial charge in [-0.2, -0.15) is 23.4 Å². The Hall–Kier alpha value is -0.941. The second-order valence-corrected chi connectivity index (χ2v) is 13.6. The van der Waals surface area contributed by atoms with E-state index < -0.39 is 6.85 Å². The number of nitrogens with zero attached hydrogens (tertiary/aromatic N) is 3. The van der Waals surface area contributed by atoms with Gasteiger partial charge in [-0.25, -0.2) is 12.0 Å². The second-order valence-electron chi connectivity index (χ2n) is 12.4. The Morgan fingerprint density at radius 2 is 2.08 bits per heavy atom. The van der Waals surface area contributed by atoms with E-state index in [-0.39, 0.29) is 32.4 Å². The number of allylic oxidation sites excluding steroid dienone is 4. The monoisotopic (exact) mass is 727 g/mol. The number of fused-ring (bicyclic) bond motifs is 4. The Labute approximate surface area is 259 Å². The third kappa shape index (κ3) is 6.30. The molecule has 8 atom stereocenters. The molecule has 0 spiro atoms. The Kier molecular flexibility index (Phi) is 8.53. The molecule has 7 aliphatic rings. The minimum Gasteiger partial charge on any atom is -0.769 e. The van der Waals surface area contributed by atoms with Gasteiger partial charge in [0.05, 0.1) is 0 Å². The van der Waals surface area contributed by atoms with E-state index in [1.165, 1.54) is 41.9 Å². The SMILES string of the molecule is C[C@H]1C[C-]=C(C2=C[C@H](C)[C@H](C)C[N-]2)CC1.[2H]C([2H])([2H])C1=NC2OC3=C([C@@H]4[N-]CC=C5CCSC54)[CH-]CCC3C2CC1.[Ir]. The van der Waals surface area contributed by atoms with Crippen LogP contribution in [-0.2, 0) is 24.8 Å². The summed E-state index contributed by atoms with van der Waals surface area (Å²) in [7, 11) is 0. The zero-order valence-electron chi connectivity index (χ0n) is 26.6. The van der Waals surface area contributed by atoms with Gasteiger partial charge in [-0.15, -0.1) is 38.0 Å². The molecule has 5 heterocycles. The van der Waals surface area contributed by atoms with Gasteiger partial charge in [0.15, 0.2) is 6.23 Å². The number of thioether (sulfide) groups is 1. The first kappa shape index (κ1) is 25.7. The topological polar surface area (TPSA) is 49.8 Å². The van der Waals surface area contributed by atoms with Crippen molar-refractivity contribution in [1.82, 2.24) is 0 Å². The van der Waals surface area contributed by atoms with Crippen molar-refractivity contribution in [1.29, 1.82) is 0 Å². The Balaban J connectivity index is 0.000000189. The van der Waals surface area contributed by atoms with Gasteiger partial charge >= 0.3 is 0 Å². The van der Waals surface area contributed by atoms with E-state index in [0.29, 0.717) is 41.1 Å². The summed E-state index contributed by atoms with van der Waals surface area (Å²) in [5, 5.41) is 10.1. The minimum atomic E-state index is -2.09. The van der Waals surface area contributed by atoms with Crippen LogP contribution in [0.3, 0.4) is 0 Å². The first-order valence-electron chi connectivity index (χ1n) is 16.5. The van der Waals surface area contributed by atoms with E-state index in [4.69, 9.17) is 14.2 Å². The quantitative estimate of drug-likeness (QED) is 0.212. The molecule has 6 heteroatoms. The average Bonchev–Trinajstić information content (AvgIpc) is 3.59. The van der Waals surface area contributed by atoms with Crippen molar-refractivity contribution in [2.75, 3.05) is 18.8 Å². The fraction of sp³-hybridized carbons (Fsp3) is 0.697. The molecular formula is C33H45IrN3OS-4. The zero-order valence-corrected chi connectivity index (χ0v) is 26.8. The summed E-state index contributed by atoms with van der Waals surface area (Å²) >= 11 is 2.02. The number of rotatable bonds is 2. The average molecular weight is 727 g/mol. The maximum absolute atomic E-state index is 7.67. The molecule has 0 saturated carbocycles. The van der Waals surface area contributed by atoms with Crippen LogP contribution in [0.5, 0.6) is 0 Å². The van der Waals surface area contributed by atoms with E-state index in [1.807, 2.05) is 11.8 Å². The molecule has 0 amide bonds. The van der Waals surface area contributed by atoms with Gasteiger partial charge in [0, 0.05) is 41.1 Å². The van der Waals surface area contributed by atoms with Crippen LogP contribution in [0.15, 0.2) is 45.3 Å². The summed E-state index contributed by atoms with van der Waals surface area (Å²) < 4.78 is 29.3. The van der Waals surface area contributed by atoms with Crippen molar-refractivity contribution in [3.63, 3.8) is 0 Å². The molecule has 2 saturated heterocycles. The van der Waals surface area contributed by atoms with Gasteiger partial charge in [0.2, 0.25) is 0 Å². The van der Waals surface area contributed by atoms with Crippen LogP contribution in [-0.4, -0.2) is 42.1 Å².